The van der Waals surface area contributed by atoms with Crippen LogP contribution in [0.1, 0.15) is 62.9 Å². The molecule has 0 spiro atoms. The predicted octanol–water partition coefficient (Wildman–Crippen LogP) is 2.93. The molecule has 2 aliphatic rings. The Balaban J connectivity index is 1.53. The monoisotopic (exact) mass is 541 g/mol. The number of halogens is 1. The minimum atomic E-state index is -0.916. The SMILES string of the molecule is CN(C(=O)OC(C)(C)C)c1cc(Nc2cccn(C3CC(F)C3)c2=O)nc2c(C(=O)N[C@@H]3CC[C@@H]3O)cnn12. The lowest BCUT2D eigenvalue weighted by molar-refractivity contribution is 0.0448. The number of rotatable bonds is 6. The summed E-state index contributed by atoms with van der Waals surface area (Å²) in [7, 11) is 1.50. The summed E-state index contributed by atoms with van der Waals surface area (Å²) in [6, 6.07) is 4.19. The highest BCUT2D eigenvalue weighted by Gasteiger charge is 2.33. The number of carbonyl (C=O) groups excluding carboxylic acids is 2. The number of aliphatic hydroxyl groups excluding tert-OH is 1. The van der Waals surface area contributed by atoms with Gasteiger partial charge in [-0.05, 0) is 58.6 Å². The van der Waals surface area contributed by atoms with Crippen molar-refractivity contribution in [3.8, 4) is 0 Å². The zero-order valence-corrected chi connectivity index (χ0v) is 22.2. The second kappa shape index (κ2) is 9.95. The summed E-state index contributed by atoms with van der Waals surface area (Å²) < 4.78 is 21.8. The molecule has 3 aromatic rings. The molecule has 12 nitrogen and oxygen atoms in total. The fraction of sp³-hybridized carbons (Fsp3) is 0.500. The van der Waals surface area contributed by atoms with Crippen molar-refractivity contribution in [3.63, 3.8) is 0 Å². The van der Waals surface area contributed by atoms with E-state index in [0.29, 0.717) is 12.8 Å². The van der Waals surface area contributed by atoms with Crippen LogP contribution < -0.4 is 21.1 Å². The summed E-state index contributed by atoms with van der Waals surface area (Å²) in [6.07, 6.45) is 2.59. The van der Waals surface area contributed by atoms with Crippen molar-refractivity contribution in [1.29, 1.82) is 0 Å². The van der Waals surface area contributed by atoms with Gasteiger partial charge >= 0.3 is 6.09 Å². The standard InChI is InChI=1S/C26H32FN7O5/c1-26(2,3)39-25(38)32(4)21-12-20(29-18-6-5-9-33(24(18)37)15-10-14(27)11-15)31-22-16(13-28-34(21)22)23(36)30-17-7-8-19(17)35/h5-6,9,12-15,17,19,35H,7-8,10-11H2,1-4H3,(H,29,31)(H,30,36)/t14?,15?,17-,19+/m1/s1. The van der Waals surface area contributed by atoms with Gasteiger partial charge in [-0.15, -0.1) is 0 Å². The number of fused-ring (bicyclic) bond motifs is 1. The zero-order valence-electron chi connectivity index (χ0n) is 22.2. The van der Waals surface area contributed by atoms with Gasteiger partial charge in [-0.25, -0.2) is 14.2 Å². The number of nitrogens with one attached hydrogen (secondary N) is 2. The van der Waals surface area contributed by atoms with Gasteiger partial charge in [0.2, 0.25) is 0 Å². The van der Waals surface area contributed by atoms with Crippen molar-refractivity contribution >= 4 is 35.0 Å². The Bertz CT molecular complexity index is 1470. The molecule has 3 N–H and O–H groups in total. The number of aromatic nitrogens is 4. The lowest BCUT2D eigenvalue weighted by atomic mass is 9.89. The van der Waals surface area contributed by atoms with E-state index < -0.39 is 29.9 Å². The van der Waals surface area contributed by atoms with Crippen LogP contribution in [0.5, 0.6) is 0 Å². The first kappa shape index (κ1) is 26.6. The highest BCUT2D eigenvalue weighted by Crippen LogP contribution is 2.34. The molecule has 0 saturated heterocycles. The molecule has 2 saturated carbocycles. The van der Waals surface area contributed by atoms with Crippen LogP contribution in [-0.4, -0.2) is 67.2 Å². The Labute approximate surface area is 223 Å². The number of alkyl halides is 1. The van der Waals surface area contributed by atoms with Gasteiger partial charge in [0.15, 0.2) is 5.65 Å². The lowest BCUT2D eigenvalue weighted by Gasteiger charge is -2.32. The van der Waals surface area contributed by atoms with E-state index in [0.717, 1.165) is 0 Å². The van der Waals surface area contributed by atoms with E-state index in [1.807, 2.05) is 0 Å². The summed E-state index contributed by atoms with van der Waals surface area (Å²) in [6.45, 7) is 5.23. The summed E-state index contributed by atoms with van der Waals surface area (Å²) in [5.74, 6) is -0.0648. The minimum absolute atomic E-state index is 0.130. The Hall–Kier alpha value is -4.00. The molecule has 0 radical (unpaired) electrons. The summed E-state index contributed by atoms with van der Waals surface area (Å²) in [5, 5.41) is 20.0. The number of amides is 2. The molecule has 208 valence electrons. The number of nitrogens with zero attached hydrogens (tertiary/aromatic N) is 5. The first-order chi connectivity index (χ1) is 18.4. The van der Waals surface area contributed by atoms with Gasteiger partial charge in [0.1, 0.15) is 34.7 Å². The molecular formula is C26H32FN7O5. The van der Waals surface area contributed by atoms with E-state index in [-0.39, 0.29) is 59.0 Å². The molecule has 0 bridgehead atoms. The molecule has 5 rings (SSSR count). The molecule has 2 amide bonds. The third-order valence-electron chi connectivity index (χ3n) is 6.95. The Morgan fingerprint density at radius 2 is 2.00 bits per heavy atom. The predicted molar refractivity (Wildman–Crippen MR) is 141 cm³/mol. The topological polar surface area (TPSA) is 143 Å². The maximum absolute atomic E-state index is 13.4. The summed E-state index contributed by atoms with van der Waals surface area (Å²) >= 11 is 0. The maximum atomic E-state index is 13.4. The number of aliphatic hydroxyl groups is 1. The molecule has 0 aromatic carbocycles. The second-order valence-corrected chi connectivity index (χ2v) is 11.0. The van der Waals surface area contributed by atoms with Crippen molar-refractivity contribution in [1.82, 2.24) is 24.5 Å². The van der Waals surface area contributed by atoms with Crippen LogP contribution in [0.3, 0.4) is 0 Å². The maximum Gasteiger partial charge on any atom is 0.415 e. The van der Waals surface area contributed by atoms with Crippen LogP contribution >= 0.6 is 0 Å². The number of hydrogen-bond donors (Lipinski definition) is 3. The van der Waals surface area contributed by atoms with Gasteiger partial charge in [0, 0.05) is 25.4 Å². The molecule has 0 aliphatic heterocycles. The normalized spacial score (nSPS) is 22.5. The van der Waals surface area contributed by atoms with E-state index in [9.17, 15) is 23.9 Å². The molecule has 13 heteroatoms. The van der Waals surface area contributed by atoms with Crippen LogP contribution in [0, 0.1) is 0 Å². The number of anilines is 3. The second-order valence-electron chi connectivity index (χ2n) is 11.0. The Morgan fingerprint density at radius 3 is 2.62 bits per heavy atom. The highest BCUT2D eigenvalue weighted by atomic mass is 19.1. The van der Waals surface area contributed by atoms with Crippen LogP contribution in [0.25, 0.3) is 5.65 Å². The first-order valence-electron chi connectivity index (χ1n) is 12.9. The Kier molecular flexibility index (Phi) is 6.79. The van der Waals surface area contributed by atoms with E-state index in [4.69, 9.17) is 4.74 Å². The molecule has 39 heavy (non-hydrogen) atoms. The van der Waals surface area contributed by atoms with Gasteiger partial charge in [-0.2, -0.15) is 9.61 Å². The third kappa shape index (κ3) is 5.31. The van der Waals surface area contributed by atoms with E-state index in [2.05, 4.69) is 20.7 Å². The third-order valence-corrected chi connectivity index (χ3v) is 6.95. The van der Waals surface area contributed by atoms with Gasteiger partial charge in [-0.3, -0.25) is 14.5 Å². The van der Waals surface area contributed by atoms with Gasteiger partial charge in [0.05, 0.1) is 18.3 Å². The molecule has 2 atom stereocenters. The Morgan fingerprint density at radius 1 is 1.26 bits per heavy atom. The fourth-order valence-corrected chi connectivity index (χ4v) is 4.51. The van der Waals surface area contributed by atoms with E-state index in [1.165, 1.54) is 33.3 Å². The van der Waals surface area contributed by atoms with Gasteiger partial charge < -0.3 is 25.0 Å². The minimum Gasteiger partial charge on any atom is -0.443 e. The molecule has 2 aliphatic carbocycles. The number of ether oxygens (including phenoxy) is 1. The molecule has 3 heterocycles. The van der Waals surface area contributed by atoms with Crippen LogP contribution in [0.15, 0.2) is 35.4 Å². The number of hydrogen-bond acceptors (Lipinski definition) is 8. The summed E-state index contributed by atoms with van der Waals surface area (Å²) in [5.41, 5.74) is -0.640. The smallest absolute Gasteiger partial charge is 0.415 e. The fourth-order valence-electron chi connectivity index (χ4n) is 4.51. The van der Waals surface area contributed by atoms with Crippen molar-refractivity contribution in [2.24, 2.45) is 0 Å². The summed E-state index contributed by atoms with van der Waals surface area (Å²) in [4.78, 5) is 44.9. The van der Waals surface area contributed by atoms with E-state index >= 15 is 0 Å². The quantitative estimate of drug-likeness (QED) is 0.432. The van der Waals surface area contributed by atoms with Crippen molar-refractivity contribution in [2.75, 3.05) is 17.3 Å². The van der Waals surface area contributed by atoms with Crippen molar-refractivity contribution in [3.05, 3.63) is 46.5 Å². The first-order valence-corrected chi connectivity index (χ1v) is 12.9. The van der Waals surface area contributed by atoms with Crippen molar-refractivity contribution < 1.29 is 23.8 Å². The lowest BCUT2D eigenvalue weighted by Crippen LogP contribution is -2.50. The number of carbonyl (C=O) groups is 2. The largest absolute Gasteiger partial charge is 0.443 e. The highest BCUT2D eigenvalue weighted by molar-refractivity contribution is 6.00. The molecule has 3 aromatic heterocycles. The molecular weight excluding hydrogens is 509 g/mol. The van der Waals surface area contributed by atoms with Crippen LogP contribution in [-0.2, 0) is 4.74 Å². The van der Waals surface area contributed by atoms with Gasteiger partial charge in [0.25, 0.3) is 11.5 Å². The zero-order chi connectivity index (χ0) is 28.1. The van der Waals surface area contributed by atoms with Gasteiger partial charge in [-0.1, -0.05) is 0 Å². The number of pyridine rings is 1. The van der Waals surface area contributed by atoms with Crippen LogP contribution in [0.2, 0.25) is 0 Å². The average molecular weight is 542 g/mol. The molecule has 2 fully saturated rings. The van der Waals surface area contributed by atoms with Crippen molar-refractivity contribution in [2.45, 2.75) is 76.4 Å². The van der Waals surface area contributed by atoms with E-state index in [1.54, 1.807) is 39.1 Å². The van der Waals surface area contributed by atoms with Crippen LogP contribution in [0.4, 0.5) is 26.5 Å². The average Bonchev–Trinajstić information content (AvgIpc) is 3.28. The molecule has 0 unspecified atom stereocenters.